The van der Waals surface area contributed by atoms with E-state index in [4.69, 9.17) is 43.4 Å². The Balaban J connectivity index is -0.0000000762. The Morgan fingerprint density at radius 2 is 0.581 bits per heavy atom. The van der Waals surface area contributed by atoms with Gasteiger partial charge in [-0.1, -0.05) is 0 Å². The van der Waals surface area contributed by atoms with Gasteiger partial charge in [0.2, 0.25) is 23.5 Å². The van der Waals surface area contributed by atoms with Crippen LogP contribution in [0.15, 0.2) is 25.3 Å². The average molecular weight is 708 g/mol. The monoisotopic (exact) mass is 706 g/mol. The highest BCUT2D eigenvalue weighted by molar-refractivity contribution is 5.94. The number of hydrogen-bond donors (Lipinski definition) is 12. The highest BCUT2D eigenvalue weighted by Gasteiger charge is 2.09. The maximum absolute atomic E-state index is 10.3. The molecule has 27 heteroatoms. The van der Waals surface area contributed by atoms with Gasteiger partial charge in [0.05, 0.1) is 25.3 Å². The first-order valence-electron chi connectivity index (χ1n) is 8.95. The van der Waals surface area contributed by atoms with Crippen LogP contribution in [0.3, 0.4) is 0 Å². The SMILES string of the molecule is Cl.Cl.Cl.Cl.NC(=O)c1[nH]cnc1O.NC(=O)c1[nH]cnc1O.NC(=O)c1[nH]cnc1O.NC(=O)c1[nH]cnc1O.O.O.O. The number of aromatic hydroxyl groups is 4. The van der Waals surface area contributed by atoms with Crippen molar-refractivity contribution in [2.24, 2.45) is 22.9 Å². The minimum Gasteiger partial charge on any atom is -0.492 e. The molecule has 43 heavy (non-hydrogen) atoms. The molecule has 4 rings (SSSR count). The molecule has 0 radical (unpaired) electrons. The molecule has 0 saturated heterocycles. The van der Waals surface area contributed by atoms with Crippen molar-refractivity contribution >= 4 is 73.3 Å². The molecule has 0 aliphatic rings. The summed E-state index contributed by atoms with van der Waals surface area (Å²) in [5.41, 5.74) is 18.9. The minimum absolute atomic E-state index is 0. The number of imidazole rings is 4. The van der Waals surface area contributed by atoms with Gasteiger partial charge in [0.1, 0.15) is 0 Å². The van der Waals surface area contributed by atoms with Crippen molar-refractivity contribution < 1.29 is 56.0 Å². The predicted octanol–water partition coefficient (Wildman–Crippen LogP) is -3.93. The second-order valence-electron chi connectivity index (χ2n) is 5.86. The van der Waals surface area contributed by atoms with Crippen LogP contribution < -0.4 is 22.9 Å². The van der Waals surface area contributed by atoms with Crippen molar-refractivity contribution in [1.82, 2.24) is 39.9 Å². The molecule has 0 aromatic carbocycles. The van der Waals surface area contributed by atoms with Gasteiger partial charge in [-0.2, -0.15) is 0 Å². The number of nitrogens with two attached hydrogens (primary N) is 4. The number of carbonyl (C=O) groups is 4. The van der Waals surface area contributed by atoms with Crippen molar-refractivity contribution in [1.29, 1.82) is 0 Å². The molecule has 0 fully saturated rings. The van der Waals surface area contributed by atoms with E-state index in [-0.39, 0.29) is 112 Å². The number of aromatic amines is 4. The molecule has 248 valence electrons. The van der Waals surface area contributed by atoms with E-state index in [2.05, 4.69) is 39.9 Å². The first kappa shape index (κ1) is 54.1. The van der Waals surface area contributed by atoms with E-state index in [9.17, 15) is 19.2 Å². The number of rotatable bonds is 4. The van der Waals surface area contributed by atoms with Crippen LogP contribution in [0.1, 0.15) is 42.0 Å². The highest BCUT2D eigenvalue weighted by atomic mass is 35.5. The summed E-state index contributed by atoms with van der Waals surface area (Å²) in [6, 6.07) is 0. The van der Waals surface area contributed by atoms with Gasteiger partial charge in [-0.05, 0) is 0 Å². The van der Waals surface area contributed by atoms with Gasteiger partial charge in [0, 0.05) is 0 Å². The molecular formula is C16H30Cl4N12O11. The third-order valence-electron chi connectivity index (χ3n) is 3.46. The summed E-state index contributed by atoms with van der Waals surface area (Å²) >= 11 is 0. The standard InChI is InChI=1S/4C4H5N3O2.4ClH.3H2O/c4*5-3(8)2-4(9)7-1-6-2;;;;;;;/h4*1,9H,(H2,5,8)(H,6,7);4*1H;3*1H2. The fourth-order valence-electron chi connectivity index (χ4n) is 1.87. The number of carbonyl (C=O) groups excluding carboxylic acids is 4. The molecule has 4 aromatic heterocycles. The minimum atomic E-state index is -0.718. The number of hydrogen-bond acceptors (Lipinski definition) is 12. The first-order valence-corrected chi connectivity index (χ1v) is 8.95. The van der Waals surface area contributed by atoms with Crippen molar-refractivity contribution in [3.05, 3.63) is 48.1 Å². The molecule has 0 saturated carbocycles. The molecule has 4 aromatic rings. The van der Waals surface area contributed by atoms with Gasteiger partial charge in [-0.3, -0.25) is 19.2 Å². The van der Waals surface area contributed by atoms with Crippen LogP contribution in [0.5, 0.6) is 23.5 Å². The number of halogens is 4. The summed E-state index contributed by atoms with van der Waals surface area (Å²) in [6.07, 6.45) is 4.76. The lowest BCUT2D eigenvalue weighted by atomic mass is 10.4. The normalized spacial score (nSPS) is 7.81. The largest absolute Gasteiger partial charge is 0.492 e. The van der Waals surface area contributed by atoms with E-state index in [1.54, 1.807) is 0 Å². The molecule has 22 N–H and O–H groups in total. The van der Waals surface area contributed by atoms with Crippen LogP contribution in [0.4, 0.5) is 0 Å². The molecule has 23 nitrogen and oxygen atoms in total. The topological polar surface area (TPSA) is 462 Å². The third-order valence-corrected chi connectivity index (χ3v) is 3.46. The molecule has 4 heterocycles. The Morgan fingerprint density at radius 3 is 0.628 bits per heavy atom. The molecule has 0 unspecified atom stereocenters. The maximum Gasteiger partial charge on any atom is 0.270 e. The molecule has 0 spiro atoms. The fraction of sp³-hybridized carbons (Fsp3) is 0. The van der Waals surface area contributed by atoms with Crippen LogP contribution in [-0.4, -0.2) is 100 Å². The van der Waals surface area contributed by atoms with Crippen molar-refractivity contribution in [3.63, 3.8) is 0 Å². The Bertz CT molecular complexity index is 1140. The Morgan fingerprint density at radius 1 is 0.442 bits per heavy atom. The summed E-state index contributed by atoms with van der Waals surface area (Å²) in [5, 5.41) is 34.7. The van der Waals surface area contributed by atoms with Crippen LogP contribution in [-0.2, 0) is 0 Å². The number of nitrogens with one attached hydrogen (secondary N) is 4. The Hall–Kier alpha value is -5.04. The van der Waals surface area contributed by atoms with E-state index in [1.165, 1.54) is 25.3 Å². The number of amides is 4. The lowest BCUT2D eigenvalue weighted by Gasteiger charge is -1.85. The second-order valence-corrected chi connectivity index (χ2v) is 5.86. The van der Waals surface area contributed by atoms with E-state index in [0.717, 1.165) is 0 Å². The third kappa shape index (κ3) is 17.4. The number of primary amides is 4. The fourth-order valence-corrected chi connectivity index (χ4v) is 1.87. The van der Waals surface area contributed by atoms with Gasteiger partial charge in [-0.25, -0.2) is 19.9 Å². The lowest BCUT2D eigenvalue weighted by Crippen LogP contribution is -2.11. The van der Waals surface area contributed by atoms with Gasteiger partial charge in [-0.15, -0.1) is 49.6 Å². The van der Waals surface area contributed by atoms with Crippen LogP contribution in [0.25, 0.3) is 0 Å². The van der Waals surface area contributed by atoms with E-state index in [0.29, 0.717) is 0 Å². The smallest absolute Gasteiger partial charge is 0.270 e. The van der Waals surface area contributed by atoms with Crippen LogP contribution in [0.2, 0.25) is 0 Å². The lowest BCUT2D eigenvalue weighted by molar-refractivity contribution is 0.0984. The molecule has 0 bridgehead atoms. The van der Waals surface area contributed by atoms with Crippen molar-refractivity contribution in [2.75, 3.05) is 0 Å². The zero-order chi connectivity index (χ0) is 27.4. The first-order chi connectivity index (χ1) is 16.9. The molecular weight excluding hydrogens is 678 g/mol. The van der Waals surface area contributed by atoms with Crippen molar-refractivity contribution in [2.45, 2.75) is 0 Å². The van der Waals surface area contributed by atoms with Crippen LogP contribution >= 0.6 is 49.6 Å². The molecule has 4 amide bonds. The summed E-state index contributed by atoms with van der Waals surface area (Å²) in [6.45, 7) is 0. The van der Waals surface area contributed by atoms with Gasteiger partial charge in [0.25, 0.3) is 23.6 Å². The van der Waals surface area contributed by atoms with E-state index < -0.39 is 23.6 Å². The molecule has 0 aliphatic heterocycles. The summed E-state index contributed by atoms with van der Waals surface area (Å²) < 4.78 is 0. The van der Waals surface area contributed by atoms with E-state index >= 15 is 0 Å². The Labute approximate surface area is 263 Å². The predicted molar refractivity (Wildman–Crippen MR) is 155 cm³/mol. The maximum atomic E-state index is 10.3. The Kier molecular flexibility index (Phi) is 32.6. The zero-order valence-electron chi connectivity index (χ0n) is 21.0. The summed E-state index contributed by atoms with van der Waals surface area (Å²) in [5.74, 6) is -4.31. The van der Waals surface area contributed by atoms with Crippen molar-refractivity contribution in [3.8, 4) is 23.5 Å². The summed E-state index contributed by atoms with van der Waals surface area (Å²) in [4.78, 5) is 63.9. The highest BCUT2D eigenvalue weighted by Crippen LogP contribution is 2.08. The molecule has 0 aliphatic carbocycles. The molecule has 0 atom stereocenters. The van der Waals surface area contributed by atoms with Crippen LogP contribution in [0, 0.1) is 0 Å². The van der Waals surface area contributed by atoms with Gasteiger partial charge in [0.15, 0.2) is 22.8 Å². The van der Waals surface area contributed by atoms with Gasteiger partial charge < -0.3 is 79.7 Å². The average Bonchev–Trinajstić information content (AvgIpc) is 3.57. The zero-order valence-corrected chi connectivity index (χ0v) is 24.2. The summed E-state index contributed by atoms with van der Waals surface area (Å²) in [7, 11) is 0. The second kappa shape index (κ2) is 25.9. The number of nitrogens with zero attached hydrogens (tertiary/aromatic N) is 4. The quantitative estimate of drug-likeness (QED) is 0.0967. The number of aromatic nitrogens is 8. The van der Waals surface area contributed by atoms with E-state index in [1.807, 2.05) is 0 Å². The van der Waals surface area contributed by atoms with Gasteiger partial charge >= 0.3 is 0 Å². The number of H-pyrrole nitrogens is 4.